The summed E-state index contributed by atoms with van der Waals surface area (Å²) < 4.78 is 38.6. The van der Waals surface area contributed by atoms with Crippen molar-refractivity contribution in [1.82, 2.24) is 9.07 Å². The molecule has 0 spiro atoms. The van der Waals surface area contributed by atoms with Crippen LogP contribution in [0.5, 0.6) is 0 Å². The predicted molar refractivity (Wildman–Crippen MR) is 49.6 cm³/mol. The van der Waals surface area contributed by atoms with Gasteiger partial charge in [0.25, 0.3) is 0 Å². The second-order valence-electron chi connectivity index (χ2n) is 3.10. The van der Waals surface area contributed by atoms with Gasteiger partial charge in [-0.3, -0.25) is 0 Å². The Labute approximate surface area is 88.4 Å². The molecule has 0 unspecified atom stereocenters. The molecule has 15 heavy (non-hydrogen) atoms. The van der Waals surface area contributed by atoms with Crippen molar-refractivity contribution in [3.8, 4) is 0 Å². The molecule has 0 saturated carbocycles. The van der Waals surface area contributed by atoms with Crippen molar-refractivity contribution in [2.24, 2.45) is 0 Å². The van der Waals surface area contributed by atoms with Gasteiger partial charge >= 0.3 is 6.18 Å². The first kappa shape index (κ1) is 10.3. The average molecular weight is 234 g/mol. The summed E-state index contributed by atoms with van der Waals surface area (Å²) in [5.41, 5.74) is 0.0106. The zero-order valence-electron chi connectivity index (χ0n) is 7.56. The van der Waals surface area contributed by atoms with Crippen molar-refractivity contribution in [2.75, 3.05) is 0 Å². The lowest BCUT2D eigenvalue weighted by molar-refractivity contribution is -0.137. The predicted octanol–water partition coefficient (Wildman–Crippen LogP) is 3.17. The third-order valence-electron chi connectivity index (χ3n) is 2.18. The number of hydrogen-bond donors (Lipinski definition) is 0. The second-order valence-corrected chi connectivity index (χ2v) is 3.43. The smallest absolute Gasteiger partial charge is 0.231 e. The molecule has 1 heterocycles. The van der Waals surface area contributed by atoms with Crippen molar-refractivity contribution >= 4 is 22.8 Å². The summed E-state index contributed by atoms with van der Waals surface area (Å²) in [5, 5.41) is 0. The molecule has 1 aromatic heterocycles. The quantitative estimate of drug-likeness (QED) is 0.683. The number of benzene rings is 1. The van der Waals surface area contributed by atoms with E-state index in [-0.39, 0.29) is 11.1 Å². The van der Waals surface area contributed by atoms with Gasteiger partial charge in [0.1, 0.15) is 0 Å². The van der Waals surface area contributed by atoms with E-state index in [1.54, 1.807) is 0 Å². The van der Waals surface area contributed by atoms with Crippen molar-refractivity contribution < 1.29 is 13.2 Å². The van der Waals surface area contributed by atoms with E-state index in [2.05, 4.69) is 11.3 Å². The van der Waals surface area contributed by atoms with Crippen LogP contribution in [-0.4, -0.2) is 9.07 Å². The average Bonchev–Trinajstić information content (AvgIpc) is 2.47. The molecule has 0 aliphatic heterocycles. The highest BCUT2D eigenvalue weighted by molar-refractivity contribution is 6.18. The Morgan fingerprint density at radius 2 is 2.07 bits per heavy atom. The largest absolute Gasteiger partial charge is 0.416 e. The maximum absolute atomic E-state index is 12.5. The van der Waals surface area contributed by atoms with E-state index < -0.39 is 11.7 Å². The fourth-order valence-electron chi connectivity index (χ4n) is 1.44. The molecule has 0 fully saturated rings. The van der Waals surface area contributed by atoms with Gasteiger partial charge in [0.2, 0.25) is 0 Å². The number of fused-ring (bicyclic) bond motifs is 1. The maximum Gasteiger partial charge on any atom is 0.416 e. The summed E-state index contributed by atoms with van der Waals surface area (Å²) in [7, 11) is 0. The molecule has 79 valence electrons. The number of halogens is 4. The molecule has 0 atom stereocenters. The van der Waals surface area contributed by atoms with Crippen molar-refractivity contribution in [3.05, 3.63) is 29.6 Å². The van der Waals surface area contributed by atoms with E-state index in [1.807, 2.05) is 0 Å². The monoisotopic (exact) mass is 233 g/mol. The second kappa shape index (κ2) is 3.13. The molecule has 2 nitrogen and oxygen atoms in total. The number of nitrogens with zero attached hydrogens (tertiary/aromatic N) is 2. The molecule has 1 aromatic carbocycles. The highest BCUT2D eigenvalue weighted by Gasteiger charge is 2.33. The van der Waals surface area contributed by atoms with Crippen molar-refractivity contribution in [2.45, 2.75) is 13.1 Å². The van der Waals surface area contributed by atoms with E-state index in [0.717, 1.165) is 10.2 Å². The van der Waals surface area contributed by atoms with Crippen LogP contribution in [0.15, 0.2) is 12.1 Å². The molecule has 2 rings (SSSR count). The van der Waals surface area contributed by atoms with Gasteiger partial charge < -0.3 is 0 Å². The van der Waals surface area contributed by atoms with Crippen molar-refractivity contribution in [1.29, 1.82) is 0 Å². The van der Waals surface area contributed by atoms with Crippen LogP contribution in [0, 0.1) is 13.3 Å². The topological polar surface area (TPSA) is 17.8 Å². The van der Waals surface area contributed by atoms with Gasteiger partial charge in [0.15, 0.2) is 6.33 Å². The molecule has 2 aromatic rings. The zero-order chi connectivity index (χ0) is 11.2. The molecular weight excluding hydrogens is 229 g/mol. The highest BCUT2D eigenvalue weighted by atomic mass is 35.5. The van der Waals surface area contributed by atoms with Gasteiger partial charge in [0.05, 0.1) is 16.6 Å². The van der Waals surface area contributed by atoms with Crippen LogP contribution in [0.1, 0.15) is 11.1 Å². The number of alkyl halides is 3. The summed E-state index contributed by atoms with van der Waals surface area (Å²) in [6.07, 6.45) is -2.01. The molecular formula is C9H5ClF3N2. The normalized spacial score (nSPS) is 12.3. The first-order valence-electron chi connectivity index (χ1n) is 4.04. The van der Waals surface area contributed by atoms with Crippen LogP contribution in [0.3, 0.4) is 0 Å². The summed E-state index contributed by atoms with van der Waals surface area (Å²) >= 11 is 5.63. The van der Waals surface area contributed by atoms with Gasteiger partial charge in [-0.05, 0) is 24.6 Å². The van der Waals surface area contributed by atoms with E-state index in [9.17, 15) is 13.2 Å². The van der Waals surface area contributed by atoms with E-state index in [0.29, 0.717) is 5.52 Å². The minimum Gasteiger partial charge on any atom is -0.231 e. The van der Waals surface area contributed by atoms with E-state index in [4.69, 9.17) is 11.8 Å². The lowest BCUT2D eigenvalue weighted by atomic mass is 10.1. The van der Waals surface area contributed by atoms with E-state index >= 15 is 0 Å². The van der Waals surface area contributed by atoms with Crippen LogP contribution < -0.4 is 0 Å². The Morgan fingerprint density at radius 1 is 1.40 bits per heavy atom. The van der Waals surface area contributed by atoms with E-state index in [1.165, 1.54) is 13.0 Å². The number of hydrogen-bond acceptors (Lipinski definition) is 1. The van der Waals surface area contributed by atoms with Crippen LogP contribution >= 0.6 is 11.8 Å². The number of aromatic nitrogens is 2. The van der Waals surface area contributed by atoms with Gasteiger partial charge in [0, 0.05) is 11.8 Å². The van der Waals surface area contributed by atoms with Crippen LogP contribution in [0.4, 0.5) is 13.2 Å². The summed E-state index contributed by atoms with van der Waals surface area (Å²) in [5.74, 6) is 0. The summed E-state index contributed by atoms with van der Waals surface area (Å²) in [4.78, 5) is 3.70. The summed E-state index contributed by atoms with van der Waals surface area (Å²) in [6, 6.07) is 2.27. The van der Waals surface area contributed by atoms with Crippen LogP contribution in [0.2, 0.25) is 0 Å². The van der Waals surface area contributed by atoms with Gasteiger partial charge in [-0.25, -0.2) is 9.07 Å². The lowest BCUT2D eigenvalue weighted by Crippen LogP contribution is -2.07. The molecule has 0 amide bonds. The molecule has 0 bridgehead atoms. The van der Waals surface area contributed by atoms with Gasteiger partial charge in [-0.2, -0.15) is 13.2 Å². The first-order chi connectivity index (χ1) is 6.91. The fourth-order valence-corrected chi connectivity index (χ4v) is 1.61. The maximum atomic E-state index is 12.5. The molecule has 0 N–H and O–H groups in total. The minimum absolute atomic E-state index is 0.0654. The Morgan fingerprint density at radius 3 is 2.67 bits per heavy atom. The molecule has 0 aliphatic carbocycles. The highest BCUT2D eigenvalue weighted by Crippen LogP contribution is 2.34. The third-order valence-corrected chi connectivity index (χ3v) is 2.43. The Balaban J connectivity index is 2.77. The fraction of sp³-hybridized carbons (Fsp3) is 0.222. The van der Waals surface area contributed by atoms with Gasteiger partial charge in [-0.15, -0.1) is 0 Å². The SMILES string of the molecule is Cc1c(C(F)(F)F)ccc2c1n[c]n2Cl. The lowest BCUT2D eigenvalue weighted by Gasteiger charge is -2.09. The molecule has 0 aliphatic rings. The van der Waals surface area contributed by atoms with Crippen LogP contribution in [0.25, 0.3) is 11.0 Å². The molecule has 6 heteroatoms. The summed E-state index contributed by atoms with van der Waals surface area (Å²) in [6.45, 7) is 1.36. The molecule has 0 saturated heterocycles. The zero-order valence-corrected chi connectivity index (χ0v) is 8.32. The third kappa shape index (κ3) is 1.56. The molecule has 1 radical (unpaired) electrons. The van der Waals surface area contributed by atoms with Crippen molar-refractivity contribution in [3.63, 3.8) is 0 Å². The Hall–Kier alpha value is -1.23. The van der Waals surface area contributed by atoms with Gasteiger partial charge in [-0.1, -0.05) is 0 Å². The minimum atomic E-state index is -4.37. The Bertz CT molecular complexity index is 516. The Kier molecular flexibility index (Phi) is 2.15. The number of rotatable bonds is 0. The standard InChI is InChI=1S/C9H5ClF3N2/c1-5-6(9(11,12)13)2-3-7-8(5)14-4-15(7)10/h2-3H,1H3. The van der Waals surface area contributed by atoms with Crippen LogP contribution in [-0.2, 0) is 6.18 Å². The number of imidazole rings is 1. The number of aryl methyl sites for hydroxylation is 1. The first-order valence-corrected chi connectivity index (χ1v) is 4.38.